The fraction of sp³-hybridized carbons (Fsp3) is 0.500. The molecule has 2 atom stereocenters. The van der Waals surface area contributed by atoms with E-state index in [1.165, 1.54) is 13.2 Å². The van der Waals surface area contributed by atoms with E-state index in [1.54, 1.807) is 11.3 Å². The van der Waals surface area contributed by atoms with Crippen molar-refractivity contribution in [3.8, 4) is 0 Å². The molecule has 0 aromatic heterocycles. The summed E-state index contributed by atoms with van der Waals surface area (Å²) in [5, 5.41) is 1.71. The predicted molar refractivity (Wildman–Crippen MR) is 50.0 cm³/mol. The van der Waals surface area contributed by atoms with Crippen molar-refractivity contribution in [2.75, 3.05) is 7.11 Å². The highest BCUT2D eigenvalue weighted by molar-refractivity contribution is 5.81. The minimum Gasteiger partial charge on any atom is -0.466 e. The largest absolute Gasteiger partial charge is 0.466 e. The standard InChI is InChI=1S/C10H13NO3/c1-13-10(12)6-7-11-8-2-4-9(14-11)5-3-8/h2,4,6-9H,3,5H2,1H3/b7-6+/t8-,9+/m1/s1. The number of nitrogens with zero attached hydrogens (tertiary/aromatic N) is 1. The molecule has 0 aromatic carbocycles. The number of carbonyl (C=O) groups is 1. The average Bonchev–Trinajstić information content (AvgIpc) is 2.27. The number of esters is 1. The van der Waals surface area contributed by atoms with Crippen LogP contribution in [0.4, 0.5) is 0 Å². The van der Waals surface area contributed by atoms with Crippen LogP contribution in [0.3, 0.4) is 0 Å². The number of ether oxygens (including phenoxy) is 1. The molecular formula is C10H13NO3. The SMILES string of the molecule is COC(=O)/C=C/N1O[C@H]2C=C[C@@H]1CC2. The van der Waals surface area contributed by atoms with Gasteiger partial charge in [0.1, 0.15) is 6.10 Å². The minimum atomic E-state index is -0.362. The smallest absolute Gasteiger partial charge is 0.332 e. The maximum atomic E-state index is 10.9. The van der Waals surface area contributed by atoms with Crippen molar-refractivity contribution in [2.24, 2.45) is 0 Å². The molecule has 0 aromatic rings. The Hall–Kier alpha value is -1.29. The zero-order valence-corrected chi connectivity index (χ0v) is 8.05. The van der Waals surface area contributed by atoms with E-state index in [9.17, 15) is 4.79 Å². The molecule has 14 heavy (non-hydrogen) atoms. The van der Waals surface area contributed by atoms with Gasteiger partial charge in [-0.15, -0.1) is 0 Å². The Morgan fingerprint density at radius 2 is 2.43 bits per heavy atom. The van der Waals surface area contributed by atoms with Crippen molar-refractivity contribution in [2.45, 2.75) is 25.0 Å². The van der Waals surface area contributed by atoms with Crippen LogP contribution in [-0.2, 0) is 14.4 Å². The lowest BCUT2D eigenvalue weighted by molar-refractivity contribution is -0.201. The van der Waals surface area contributed by atoms with Crippen LogP contribution in [0.5, 0.6) is 0 Å². The van der Waals surface area contributed by atoms with E-state index in [0.29, 0.717) is 0 Å². The van der Waals surface area contributed by atoms with Crippen LogP contribution in [-0.4, -0.2) is 30.3 Å². The molecular weight excluding hydrogens is 182 g/mol. The summed E-state index contributed by atoms with van der Waals surface area (Å²) in [6.07, 6.45) is 9.48. The van der Waals surface area contributed by atoms with E-state index < -0.39 is 0 Å². The van der Waals surface area contributed by atoms with E-state index in [1.807, 2.05) is 0 Å². The van der Waals surface area contributed by atoms with Gasteiger partial charge in [0.05, 0.1) is 13.2 Å². The van der Waals surface area contributed by atoms with Gasteiger partial charge in [-0.3, -0.25) is 9.90 Å². The zero-order valence-electron chi connectivity index (χ0n) is 8.05. The molecule has 0 saturated carbocycles. The van der Waals surface area contributed by atoms with Crippen LogP contribution in [0, 0.1) is 0 Å². The third-order valence-corrected chi connectivity index (χ3v) is 2.44. The highest BCUT2D eigenvalue weighted by Gasteiger charge is 2.28. The molecule has 3 rings (SSSR count). The first-order valence-corrected chi connectivity index (χ1v) is 4.69. The number of methoxy groups -OCH3 is 1. The van der Waals surface area contributed by atoms with Crippen molar-refractivity contribution < 1.29 is 14.4 Å². The number of rotatable bonds is 2. The molecule has 1 fully saturated rings. The number of hydrogen-bond donors (Lipinski definition) is 0. The molecule has 2 heterocycles. The molecule has 2 aliphatic heterocycles. The van der Waals surface area contributed by atoms with Crippen LogP contribution in [0.25, 0.3) is 0 Å². The van der Waals surface area contributed by atoms with E-state index >= 15 is 0 Å². The summed E-state index contributed by atoms with van der Waals surface area (Å²) in [5.41, 5.74) is 0. The molecule has 2 bridgehead atoms. The molecule has 4 heteroatoms. The van der Waals surface area contributed by atoms with E-state index in [-0.39, 0.29) is 18.1 Å². The molecule has 4 nitrogen and oxygen atoms in total. The summed E-state index contributed by atoms with van der Waals surface area (Å²) in [6, 6.07) is 0.265. The topological polar surface area (TPSA) is 38.8 Å². The first-order valence-electron chi connectivity index (χ1n) is 4.69. The summed E-state index contributed by atoms with van der Waals surface area (Å²) in [6.45, 7) is 0. The fourth-order valence-electron chi connectivity index (χ4n) is 1.66. The maximum Gasteiger partial charge on any atom is 0.332 e. The lowest BCUT2D eigenvalue weighted by atomic mass is 9.99. The summed E-state index contributed by atoms with van der Waals surface area (Å²) < 4.78 is 4.50. The van der Waals surface area contributed by atoms with Crippen LogP contribution in [0.1, 0.15) is 12.8 Å². The van der Waals surface area contributed by atoms with Crippen molar-refractivity contribution >= 4 is 5.97 Å². The number of hydroxylamine groups is 2. The lowest BCUT2D eigenvalue weighted by Gasteiger charge is -2.39. The van der Waals surface area contributed by atoms with Gasteiger partial charge in [0.2, 0.25) is 0 Å². The third-order valence-electron chi connectivity index (χ3n) is 2.44. The molecule has 0 radical (unpaired) electrons. The average molecular weight is 195 g/mol. The van der Waals surface area contributed by atoms with Gasteiger partial charge in [-0.1, -0.05) is 12.2 Å². The molecule has 76 valence electrons. The molecule has 0 unspecified atom stereocenters. The Bertz CT molecular complexity index is 285. The Balaban J connectivity index is 1.97. The van der Waals surface area contributed by atoms with E-state index in [0.717, 1.165) is 12.8 Å². The lowest BCUT2D eigenvalue weighted by Crippen LogP contribution is -2.42. The van der Waals surface area contributed by atoms with Crippen LogP contribution in [0.15, 0.2) is 24.4 Å². The monoisotopic (exact) mass is 195 g/mol. The first-order chi connectivity index (χ1) is 6.79. The Labute approximate surface area is 82.7 Å². The van der Waals surface area contributed by atoms with Gasteiger partial charge in [0.15, 0.2) is 0 Å². The summed E-state index contributed by atoms with van der Waals surface area (Å²) in [5.74, 6) is -0.362. The van der Waals surface area contributed by atoms with Crippen molar-refractivity contribution in [3.05, 3.63) is 24.4 Å². The Morgan fingerprint density at radius 3 is 2.93 bits per heavy atom. The van der Waals surface area contributed by atoms with Crippen molar-refractivity contribution in [3.63, 3.8) is 0 Å². The van der Waals surface area contributed by atoms with Gasteiger partial charge in [0.25, 0.3) is 0 Å². The van der Waals surface area contributed by atoms with Gasteiger partial charge in [0, 0.05) is 12.3 Å². The van der Waals surface area contributed by atoms with E-state index in [2.05, 4.69) is 16.9 Å². The van der Waals surface area contributed by atoms with Gasteiger partial charge in [-0.05, 0) is 12.8 Å². The normalized spacial score (nSPS) is 29.9. The van der Waals surface area contributed by atoms with Crippen LogP contribution in [0.2, 0.25) is 0 Å². The van der Waals surface area contributed by atoms with E-state index in [4.69, 9.17) is 4.84 Å². The summed E-state index contributed by atoms with van der Waals surface area (Å²) in [7, 11) is 1.36. The highest BCUT2D eigenvalue weighted by Crippen LogP contribution is 2.27. The first kappa shape index (κ1) is 9.27. The quantitative estimate of drug-likeness (QED) is 0.374. The van der Waals surface area contributed by atoms with Crippen LogP contribution < -0.4 is 0 Å². The summed E-state index contributed by atoms with van der Waals surface area (Å²) in [4.78, 5) is 16.4. The van der Waals surface area contributed by atoms with Gasteiger partial charge in [-0.2, -0.15) is 0 Å². The molecule has 3 aliphatic rings. The molecule has 0 spiro atoms. The number of fused-ring (bicyclic) bond motifs is 2. The maximum absolute atomic E-state index is 10.9. The molecule has 0 N–H and O–H groups in total. The summed E-state index contributed by atoms with van der Waals surface area (Å²) >= 11 is 0. The zero-order chi connectivity index (χ0) is 9.97. The Morgan fingerprint density at radius 1 is 1.57 bits per heavy atom. The second kappa shape index (κ2) is 3.84. The second-order valence-electron chi connectivity index (χ2n) is 3.37. The third kappa shape index (κ3) is 1.80. The van der Waals surface area contributed by atoms with Gasteiger partial charge < -0.3 is 4.74 Å². The predicted octanol–water partition coefficient (Wildman–Crippen LogP) is 1.01. The highest BCUT2D eigenvalue weighted by atomic mass is 16.7. The molecule has 1 aliphatic carbocycles. The van der Waals surface area contributed by atoms with Crippen molar-refractivity contribution in [1.29, 1.82) is 0 Å². The van der Waals surface area contributed by atoms with Gasteiger partial charge in [-0.25, -0.2) is 4.79 Å². The molecule has 0 amide bonds. The van der Waals surface area contributed by atoms with Crippen molar-refractivity contribution in [1.82, 2.24) is 5.06 Å². The second-order valence-corrected chi connectivity index (χ2v) is 3.37. The van der Waals surface area contributed by atoms with Gasteiger partial charge >= 0.3 is 5.97 Å². The molecule has 1 saturated heterocycles. The number of carbonyl (C=O) groups excluding carboxylic acids is 1. The fourth-order valence-corrected chi connectivity index (χ4v) is 1.66. The number of hydrogen-bond acceptors (Lipinski definition) is 4. The minimum absolute atomic E-state index is 0.169. The Kier molecular flexibility index (Phi) is 2.54. The van der Waals surface area contributed by atoms with Crippen LogP contribution >= 0.6 is 0 Å².